The summed E-state index contributed by atoms with van der Waals surface area (Å²) in [6.45, 7) is 5.81. The lowest BCUT2D eigenvalue weighted by Gasteiger charge is -2.42. The second kappa shape index (κ2) is 4.25. The Hall–Kier alpha value is -1.06. The molecule has 0 radical (unpaired) electrons. The van der Waals surface area contributed by atoms with E-state index in [1.165, 1.54) is 6.42 Å². The van der Waals surface area contributed by atoms with E-state index < -0.39 is 0 Å². The van der Waals surface area contributed by atoms with Crippen LogP contribution >= 0.6 is 0 Å². The Bertz CT molecular complexity index is 382. The van der Waals surface area contributed by atoms with E-state index in [2.05, 4.69) is 6.92 Å². The molecule has 3 aliphatic rings. The van der Waals surface area contributed by atoms with Crippen LogP contribution in [0.25, 0.3) is 0 Å². The van der Waals surface area contributed by atoms with Crippen LogP contribution < -0.4 is 0 Å². The monoisotopic (exact) mass is 250 g/mol. The fourth-order valence-corrected chi connectivity index (χ4v) is 3.48. The zero-order chi connectivity index (χ0) is 12.9. The number of rotatable bonds is 3. The molecular formula is C14H22N2O2. The van der Waals surface area contributed by atoms with Gasteiger partial charge < -0.3 is 9.80 Å². The van der Waals surface area contributed by atoms with Crippen LogP contribution in [0.2, 0.25) is 0 Å². The third-order valence-electron chi connectivity index (χ3n) is 4.86. The summed E-state index contributed by atoms with van der Waals surface area (Å²) in [4.78, 5) is 28.6. The van der Waals surface area contributed by atoms with Crippen LogP contribution in [0.5, 0.6) is 0 Å². The number of carbonyl (C=O) groups is 2. The highest BCUT2D eigenvalue weighted by molar-refractivity contribution is 5.97. The zero-order valence-corrected chi connectivity index (χ0v) is 11.3. The number of fused-ring (bicyclic) bond motifs is 1. The number of carbonyl (C=O) groups excluding carboxylic acids is 2. The van der Waals surface area contributed by atoms with Crippen LogP contribution in [0.1, 0.15) is 39.5 Å². The fourth-order valence-electron chi connectivity index (χ4n) is 3.48. The van der Waals surface area contributed by atoms with E-state index >= 15 is 0 Å². The number of nitrogens with zero attached hydrogens (tertiary/aromatic N) is 2. The molecule has 0 bridgehead atoms. The molecule has 100 valence electrons. The van der Waals surface area contributed by atoms with E-state index in [9.17, 15) is 9.59 Å². The maximum absolute atomic E-state index is 12.5. The molecule has 2 heterocycles. The van der Waals surface area contributed by atoms with Crippen molar-refractivity contribution < 1.29 is 9.59 Å². The SMILES string of the molecule is CCC1C(=O)N2CCCC2C(=O)N1CC1CC1C. The van der Waals surface area contributed by atoms with Crippen LogP contribution in [0.4, 0.5) is 0 Å². The second-order valence-electron chi connectivity index (χ2n) is 6.08. The third kappa shape index (κ3) is 1.73. The summed E-state index contributed by atoms with van der Waals surface area (Å²) in [6.07, 6.45) is 3.79. The van der Waals surface area contributed by atoms with Gasteiger partial charge >= 0.3 is 0 Å². The maximum Gasteiger partial charge on any atom is 0.246 e. The normalized spacial score (nSPS) is 39.2. The number of amides is 2. The Morgan fingerprint density at radius 1 is 1.28 bits per heavy atom. The van der Waals surface area contributed by atoms with E-state index in [0.29, 0.717) is 5.92 Å². The van der Waals surface area contributed by atoms with Crippen molar-refractivity contribution in [1.82, 2.24) is 9.80 Å². The van der Waals surface area contributed by atoms with Crippen molar-refractivity contribution in [2.24, 2.45) is 11.8 Å². The van der Waals surface area contributed by atoms with E-state index in [0.717, 1.165) is 38.3 Å². The minimum Gasteiger partial charge on any atom is -0.329 e. The van der Waals surface area contributed by atoms with E-state index in [1.54, 1.807) is 0 Å². The third-order valence-corrected chi connectivity index (χ3v) is 4.86. The molecule has 4 atom stereocenters. The Morgan fingerprint density at radius 3 is 2.61 bits per heavy atom. The molecule has 2 amide bonds. The molecular weight excluding hydrogens is 228 g/mol. The van der Waals surface area contributed by atoms with Gasteiger partial charge in [-0.25, -0.2) is 0 Å². The minimum atomic E-state index is -0.195. The van der Waals surface area contributed by atoms with Crippen molar-refractivity contribution in [3.05, 3.63) is 0 Å². The van der Waals surface area contributed by atoms with Gasteiger partial charge in [0.05, 0.1) is 0 Å². The molecule has 0 spiro atoms. The van der Waals surface area contributed by atoms with E-state index in [1.807, 2.05) is 16.7 Å². The van der Waals surface area contributed by atoms with E-state index in [-0.39, 0.29) is 23.9 Å². The average Bonchev–Trinajstić information content (AvgIpc) is 2.86. The quantitative estimate of drug-likeness (QED) is 0.756. The van der Waals surface area contributed by atoms with Gasteiger partial charge in [-0.1, -0.05) is 13.8 Å². The Kier molecular flexibility index (Phi) is 2.83. The van der Waals surface area contributed by atoms with Crippen molar-refractivity contribution in [1.29, 1.82) is 0 Å². The van der Waals surface area contributed by atoms with Crippen LogP contribution in [-0.2, 0) is 9.59 Å². The summed E-state index contributed by atoms with van der Waals surface area (Å²) in [5.74, 6) is 1.75. The summed E-state index contributed by atoms with van der Waals surface area (Å²) in [5, 5.41) is 0. The highest BCUT2D eigenvalue weighted by Crippen LogP contribution is 2.40. The summed E-state index contributed by atoms with van der Waals surface area (Å²) < 4.78 is 0. The van der Waals surface area contributed by atoms with Crippen molar-refractivity contribution in [3.63, 3.8) is 0 Å². The topological polar surface area (TPSA) is 40.6 Å². The molecule has 0 N–H and O–H groups in total. The van der Waals surface area contributed by atoms with Gasteiger partial charge in [0.1, 0.15) is 12.1 Å². The number of hydrogen-bond acceptors (Lipinski definition) is 2. The Labute approximate surface area is 108 Å². The predicted molar refractivity (Wildman–Crippen MR) is 67.8 cm³/mol. The van der Waals surface area contributed by atoms with Gasteiger partial charge in [0.2, 0.25) is 11.8 Å². The van der Waals surface area contributed by atoms with Gasteiger partial charge in [-0.05, 0) is 37.5 Å². The lowest BCUT2D eigenvalue weighted by atomic mass is 10.0. The number of hydrogen-bond donors (Lipinski definition) is 0. The molecule has 4 heteroatoms. The molecule has 1 saturated carbocycles. The lowest BCUT2D eigenvalue weighted by Crippen LogP contribution is -2.62. The van der Waals surface area contributed by atoms with Gasteiger partial charge in [0.25, 0.3) is 0 Å². The van der Waals surface area contributed by atoms with E-state index in [4.69, 9.17) is 0 Å². The van der Waals surface area contributed by atoms with Gasteiger partial charge in [0, 0.05) is 13.1 Å². The standard InChI is InChI=1S/C14H22N2O2/c1-3-11-13(17)15-6-4-5-12(15)14(18)16(11)8-10-7-9(10)2/h9-12H,3-8H2,1-2H3. The highest BCUT2D eigenvalue weighted by atomic mass is 16.2. The van der Waals surface area contributed by atoms with Crippen LogP contribution in [-0.4, -0.2) is 46.8 Å². The van der Waals surface area contributed by atoms with Crippen LogP contribution in [0.15, 0.2) is 0 Å². The molecule has 1 aliphatic carbocycles. The number of piperazine rings is 1. The van der Waals surface area contributed by atoms with Gasteiger partial charge in [-0.2, -0.15) is 0 Å². The molecule has 0 aromatic heterocycles. The molecule has 4 unspecified atom stereocenters. The summed E-state index contributed by atoms with van der Waals surface area (Å²) in [6, 6.07) is -0.339. The largest absolute Gasteiger partial charge is 0.329 e. The fraction of sp³-hybridized carbons (Fsp3) is 0.857. The van der Waals surface area contributed by atoms with Crippen molar-refractivity contribution in [3.8, 4) is 0 Å². The Morgan fingerprint density at radius 2 is 2.00 bits per heavy atom. The maximum atomic E-state index is 12.5. The van der Waals surface area contributed by atoms with Gasteiger partial charge in [-0.15, -0.1) is 0 Å². The molecule has 2 aliphatic heterocycles. The average molecular weight is 250 g/mol. The molecule has 0 aromatic carbocycles. The Balaban J connectivity index is 1.80. The van der Waals surface area contributed by atoms with Gasteiger partial charge in [-0.3, -0.25) is 9.59 Å². The molecule has 18 heavy (non-hydrogen) atoms. The lowest BCUT2D eigenvalue weighted by molar-refractivity contribution is -0.159. The first kappa shape index (κ1) is 12.0. The van der Waals surface area contributed by atoms with Crippen LogP contribution in [0.3, 0.4) is 0 Å². The minimum absolute atomic E-state index is 0.144. The first-order valence-corrected chi connectivity index (χ1v) is 7.24. The zero-order valence-electron chi connectivity index (χ0n) is 11.3. The van der Waals surface area contributed by atoms with Gasteiger partial charge in [0.15, 0.2) is 0 Å². The van der Waals surface area contributed by atoms with Crippen LogP contribution in [0, 0.1) is 11.8 Å². The summed E-state index contributed by atoms with van der Waals surface area (Å²) >= 11 is 0. The molecule has 4 nitrogen and oxygen atoms in total. The first-order valence-electron chi connectivity index (χ1n) is 7.24. The summed E-state index contributed by atoms with van der Waals surface area (Å²) in [7, 11) is 0. The highest BCUT2D eigenvalue weighted by Gasteiger charge is 2.48. The van der Waals surface area contributed by atoms with Crippen molar-refractivity contribution in [2.45, 2.75) is 51.6 Å². The van der Waals surface area contributed by atoms with Crippen molar-refractivity contribution in [2.75, 3.05) is 13.1 Å². The first-order chi connectivity index (χ1) is 8.63. The molecule has 3 fully saturated rings. The summed E-state index contributed by atoms with van der Waals surface area (Å²) in [5.41, 5.74) is 0. The smallest absolute Gasteiger partial charge is 0.246 e. The molecule has 0 aromatic rings. The second-order valence-corrected chi connectivity index (χ2v) is 6.08. The van der Waals surface area contributed by atoms with Crippen molar-refractivity contribution >= 4 is 11.8 Å². The predicted octanol–water partition coefficient (Wildman–Crippen LogP) is 1.25. The molecule has 3 rings (SSSR count). The molecule has 2 saturated heterocycles.